The summed E-state index contributed by atoms with van der Waals surface area (Å²) in [5, 5.41) is 13.5. The summed E-state index contributed by atoms with van der Waals surface area (Å²) in [7, 11) is 0. The van der Waals surface area contributed by atoms with Crippen LogP contribution in [0, 0.1) is 0 Å². The lowest BCUT2D eigenvalue weighted by Gasteiger charge is -2.14. The topological polar surface area (TPSA) is 114 Å². The summed E-state index contributed by atoms with van der Waals surface area (Å²) >= 11 is 0. The number of carbonyl (C=O) groups excluding carboxylic acids is 2. The molecule has 0 atom stereocenters. The highest BCUT2D eigenvalue weighted by Gasteiger charge is 2.28. The summed E-state index contributed by atoms with van der Waals surface area (Å²) in [5.41, 5.74) is 4.61. The predicted octanol–water partition coefficient (Wildman–Crippen LogP) is 2.30. The van der Waals surface area contributed by atoms with Crippen molar-refractivity contribution in [3.05, 3.63) is 71.8 Å². The zero-order chi connectivity index (χ0) is 22.1. The number of amides is 2. The van der Waals surface area contributed by atoms with Crippen molar-refractivity contribution in [3.8, 4) is 11.1 Å². The quantitative estimate of drug-likeness (QED) is 0.398. The van der Waals surface area contributed by atoms with Gasteiger partial charge in [-0.15, -0.1) is 0 Å². The van der Waals surface area contributed by atoms with Crippen LogP contribution in [0.3, 0.4) is 0 Å². The van der Waals surface area contributed by atoms with Crippen LogP contribution in [0.5, 0.6) is 0 Å². The average molecular weight is 424 g/mol. The third-order valence-corrected chi connectivity index (χ3v) is 4.77. The van der Waals surface area contributed by atoms with Crippen LogP contribution in [0.25, 0.3) is 11.1 Å². The van der Waals surface area contributed by atoms with Crippen LogP contribution in [-0.2, 0) is 19.1 Å². The van der Waals surface area contributed by atoms with E-state index in [9.17, 15) is 14.4 Å². The minimum Gasteiger partial charge on any atom is -0.478 e. The number of carboxylic acids is 1. The maximum Gasteiger partial charge on any atom is 0.407 e. The Morgan fingerprint density at radius 1 is 0.968 bits per heavy atom. The summed E-state index contributed by atoms with van der Waals surface area (Å²) in [4.78, 5) is 33.8. The summed E-state index contributed by atoms with van der Waals surface area (Å²) in [6, 6.07) is 16.2. The van der Waals surface area contributed by atoms with E-state index in [2.05, 4.69) is 34.9 Å². The number of ether oxygens (including phenoxy) is 2. The van der Waals surface area contributed by atoms with Crippen LogP contribution in [0.2, 0.25) is 0 Å². The van der Waals surface area contributed by atoms with Gasteiger partial charge >= 0.3 is 12.1 Å². The van der Waals surface area contributed by atoms with E-state index in [4.69, 9.17) is 14.6 Å². The van der Waals surface area contributed by atoms with Gasteiger partial charge in [-0.2, -0.15) is 0 Å². The third kappa shape index (κ3) is 6.16. The van der Waals surface area contributed by atoms with E-state index in [1.54, 1.807) is 0 Å². The highest BCUT2D eigenvalue weighted by atomic mass is 16.5. The molecule has 3 N–H and O–H groups in total. The van der Waals surface area contributed by atoms with E-state index in [0.717, 1.165) is 28.3 Å². The van der Waals surface area contributed by atoms with Crippen molar-refractivity contribution in [1.29, 1.82) is 0 Å². The smallest absolute Gasteiger partial charge is 0.407 e. The molecule has 2 aromatic rings. The van der Waals surface area contributed by atoms with Gasteiger partial charge in [0.25, 0.3) is 0 Å². The fourth-order valence-electron chi connectivity index (χ4n) is 3.42. The molecule has 0 unspecified atom stereocenters. The van der Waals surface area contributed by atoms with E-state index in [-0.39, 0.29) is 44.7 Å². The van der Waals surface area contributed by atoms with E-state index in [0.29, 0.717) is 0 Å². The van der Waals surface area contributed by atoms with Crippen LogP contribution in [0.15, 0.2) is 60.7 Å². The first-order valence-corrected chi connectivity index (χ1v) is 9.89. The van der Waals surface area contributed by atoms with Crippen molar-refractivity contribution < 1.29 is 29.0 Å². The van der Waals surface area contributed by atoms with Gasteiger partial charge < -0.3 is 25.2 Å². The molecule has 8 nitrogen and oxygen atoms in total. The van der Waals surface area contributed by atoms with Gasteiger partial charge in [0.2, 0.25) is 5.91 Å². The van der Waals surface area contributed by atoms with Crippen LogP contribution in [0.1, 0.15) is 17.0 Å². The lowest BCUT2D eigenvalue weighted by atomic mass is 9.98. The van der Waals surface area contributed by atoms with Crippen LogP contribution >= 0.6 is 0 Å². The first-order chi connectivity index (χ1) is 15.1. The molecule has 0 aromatic heterocycles. The molecule has 162 valence electrons. The predicted molar refractivity (Wildman–Crippen MR) is 114 cm³/mol. The van der Waals surface area contributed by atoms with Gasteiger partial charge in [-0.1, -0.05) is 54.6 Å². The molecule has 3 rings (SSSR count). The Kier molecular flexibility index (Phi) is 7.78. The van der Waals surface area contributed by atoms with Crippen LogP contribution in [0.4, 0.5) is 4.79 Å². The number of aliphatic carboxylic acids is 1. The summed E-state index contributed by atoms with van der Waals surface area (Å²) in [6.07, 6.45) is 1.71. The standard InChI is InChI=1S/C23H24N2O6/c26-21(24-11-5-10-22(27)28)15-30-13-12-25-23(29)31-14-20-18-8-3-1-6-16(18)17-7-2-4-9-19(17)20/h1-10,20H,11-15H2,(H,24,26)(H,25,29)(H,27,28)/b10-5+. The Hall–Kier alpha value is -3.65. The normalized spacial score (nSPS) is 12.3. The van der Waals surface area contributed by atoms with Gasteiger partial charge in [0.05, 0.1) is 6.61 Å². The van der Waals surface area contributed by atoms with Crippen molar-refractivity contribution in [2.75, 3.05) is 32.9 Å². The zero-order valence-corrected chi connectivity index (χ0v) is 16.9. The monoisotopic (exact) mass is 424 g/mol. The maximum atomic E-state index is 12.0. The molecule has 31 heavy (non-hydrogen) atoms. The molecular formula is C23H24N2O6. The first kappa shape index (κ1) is 22.0. The number of rotatable bonds is 10. The molecule has 0 bridgehead atoms. The van der Waals surface area contributed by atoms with Crippen LogP contribution in [-0.4, -0.2) is 56.0 Å². The zero-order valence-electron chi connectivity index (χ0n) is 16.9. The number of fused-ring (bicyclic) bond motifs is 3. The number of carboxylic acid groups (broad SMARTS) is 1. The molecule has 1 aliphatic carbocycles. The Bertz CT molecular complexity index is 927. The Morgan fingerprint density at radius 2 is 1.61 bits per heavy atom. The van der Waals surface area contributed by atoms with E-state index in [1.165, 1.54) is 6.08 Å². The fraction of sp³-hybridized carbons (Fsp3) is 0.261. The van der Waals surface area contributed by atoms with E-state index >= 15 is 0 Å². The van der Waals surface area contributed by atoms with Crippen LogP contribution < -0.4 is 10.6 Å². The first-order valence-electron chi connectivity index (χ1n) is 9.89. The summed E-state index contributed by atoms with van der Waals surface area (Å²) in [5.74, 6) is -1.46. The highest BCUT2D eigenvalue weighted by molar-refractivity contribution is 5.80. The summed E-state index contributed by atoms with van der Waals surface area (Å²) < 4.78 is 10.6. The van der Waals surface area contributed by atoms with Crippen molar-refractivity contribution >= 4 is 18.0 Å². The van der Waals surface area contributed by atoms with Gasteiger partial charge in [0.15, 0.2) is 0 Å². The third-order valence-electron chi connectivity index (χ3n) is 4.77. The molecule has 0 heterocycles. The van der Waals surface area contributed by atoms with Crippen molar-refractivity contribution in [2.45, 2.75) is 5.92 Å². The van der Waals surface area contributed by atoms with Gasteiger partial charge in [-0.25, -0.2) is 9.59 Å². The number of nitrogens with one attached hydrogen (secondary N) is 2. The molecular weight excluding hydrogens is 400 g/mol. The van der Waals surface area contributed by atoms with Crippen molar-refractivity contribution in [1.82, 2.24) is 10.6 Å². The molecule has 0 aliphatic heterocycles. The second kappa shape index (κ2) is 10.9. The Labute approximate surface area is 179 Å². The van der Waals surface area contributed by atoms with Gasteiger partial charge in [0.1, 0.15) is 13.2 Å². The number of hydrogen-bond donors (Lipinski definition) is 3. The molecule has 8 heteroatoms. The Morgan fingerprint density at radius 3 is 2.26 bits per heavy atom. The number of carbonyl (C=O) groups is 3. The molecule has 0 radical (unpaired) electrons. The SMILES string of the molecule is O=C(O)/C=C/CNC(=O)COCCNC(=O)OCC1c2ccccc2-c2ccccc21. The molecule has 2 aromatic carbocycles. The maximum absolute atomic E-state index is 12.0. The number of benzene rings is 2. The molecule has 1 aliphatic rings. The Balaban J connectivity index is 1.35. The lowest BCUT2D eigenvalue weighted by Crippen LogP contribution is -2.32. The highest BCUT2D eigenvalue weighted by Crippen LogP contribution is 2.44. The second-order valence-electron chi connectivity index (χ2n) is 6.85. The van der Waals surface area contributed by atoms with Gasteiger partial charge in [0, 0.05) is 25.1 Å². The largest absolute Gasteiger partial charge is 0.478 e. The van der Waals surface area contributed by atoms with Gasteiger partial charge in [-0.3, -0.25) is 4.79 Å². The molecule has 0 saturated heterocycles. The fourth-order valence-corrected chi connectivity index (χ4v) is 3.42. The number of alkyl carbamates (subject to hydrolysis) is 1. The van der Waals surface area contributed by atoms with E-state index < -0.39 is 12.1 Å². The number of hydrogen-bond acceptors (Lipinski definition) is 5. The average Bonchev–Trinajstić information content (AvgIpc) is 3.09. The van der Waals surface area contributed by atoms with E-state index in [1.807, 2.05) is 24.3 Å². The molecule has 0 saturated carbocycles. The minimum atomic E-state index is -1.08. The van der Waals surface area contributed by atoms with Crippen molar-refractivity contribution in [2.24, 2.45) is 0 Å². The minimum absolute atomic E-state index is 0.00623. The van der Waals surface area contributed by atoms with Gasteiger partial charge in [-0.05, 0) is 22.3 Å². The lowest BCUT2D eigenvalue weighted by molar-refractivity contribution is -0.131. The second-order valence-corrected chi connectivity index (χ2v) is 6.85. The van der Waals surface area contributed by atoms with Crippen molar-refractivity contribution in [3.63, 3.8) is 0 Å². The summed E-state index contributed by atoms with van der Waals surface area (Å²) in [6.45, 7) is 0.484. The molecule has 2 amide bonds. The molecule has 0 spiro atoms. The molecule has 0 fully saturated rings.